The molecule has 0 saturated carbocycles. The third kappa shape index (κ3) is 7.42. The third-order valence-electron chi connectivity index (χ3n) is 5.95. The van der Waals surface area contributed by atoms with Gasteiger partial charge >= 0.3 is 0 Å². The zero-order valence-corrected chi connectivity index (χ0v) is 24.5. The summed E-state index contributed by atoms with van der Waals surface area (Å²) < 4.78 is 0. The molecule has 3 heteroatoms. The van der Waals surface area contributed by atoms with E-state index in [2.05, 4.69) is 93.5 Å². The maximum absolute atomic E-state index is 10.7. The molecule has 2 rings (SSSR count). The first kappa shape index (κ1) is 27.1. The molecule has 0 aliphatic heterocycles. The molecule has 0 aliphatic rings. The van der Waals surface area contributed by atoms with E-state index in [0.717, 1.165) is 5.56 Å². The second-order valence-electron chi connectivity index (χ2n) is 12.2. The van der Waals surface area contributed by atoms with Crippen molar-refractivity contribution in [2.45, 2.75) is 97.8 Å². The smallest absolute Gasteiger partial charge is 0.119 e. The van der Waals surface area contributed by atoms with Gasteiger partial charge in [-0.25, -0.2) is 0 Å². The molecule has 0 radical (unpaired) electrons. The summed E-state index contributed by atoms with van der Waals surface area (Å²) >= 11 is 2.01. The van der Waals surface area contributed by atoms with Gasteiger partial charge in [0.25, 0.3) is 0 Å². The van der Waals surface area contributed by atoms with Crippen molar-refractivity contribution in [1.29, 1.82) is 0 Å². The minimum atomic E-state index is -0.398. The zero-order chi connectivity index (χ0) is 24.3. The predicted octanol–water partition coefficient (Wildman–Crippen LogP) is 6.93. The quantitative estimate of drug-likeness (QED) is 0.333. The Labute approximate surface area is 204 Å². The monoisotopic (exact) mass is 470 g/mol. The fourth-order valence-corrected chi connectivity index (χ4v) is 8.23. The highest BCUT2D eigenvalue weighted by Gasteiger charge is 2.25. The number of rotatable bonds is 8. The summed E-state index contributed by atoms with van der Waals surface area (Å²) in [6.45, 7) is 22.6. The van der Waals surface area contributed by atoms with Gasteiger partial charge in [-0.2, -0.15) is 0 Å². The van der Waals surface area contributed by atoms with Crippen LogP contribution in [0.3, 0.4) is 0 Å². The summed E-state index contributed by atoms with van der Waals surface area (Å²) in [6, 6.07) is 11.3. The number of hydrogen-bond donors (Lipinski definition) is 1. The van der Waals surface area contributed by atoms with E-state index >= 15 is 0 Å². The van der Waals surface area contributed by atoms with Crippen LogP contribution < -0.4 is 5.19 Å². The number of phenols is 1. The molecule has 0 spiro atoms. The van der Waals surface area contributed by atoms with Crippen molar-refractivity contribution in [1.82, 2.24) is 0 Å². The first-order valence-corrected chi connectivity index (χ1v) is 15.0. The van der Waals surface area contributed by atoms with Crippen molar-refractivity contribution in [3.63, 3.8) is 0 Å². The van der Waals surface area contributed by atoms with Crippen LogP contribution in [-0.4, -0.2) is 20.0 Å². The lowest BCUT2D eigenvalue weighted by Gasteiger charge is -2.27. The van der Waals surface area contributed by atoms with Gasteiger partial charge in [0.15, 0.2) is 0 Å². The Balaban J connectivity index is 2.33. The van der Waals surface area contributed by atoms with Crippen molar-refractivity contribution >= 4 is 26.5 Å². The van der Waals surface area contributed by atoms with Crippen LogP contribution in [0.2, 0.25) is 0 Å². The van der Waals surface area contributed by atoms with Gasteiger partial charge < -0.3 is 5.11 Å². The fraction of sp³-hybridized carbons (Fsp3) is 0.586. The molecule has 0 atom stereocenters. The normalized spacial score (nSPS) is 13.1. The van der Waals surface area contributed by atoms with E-state index in [9.17, 15) is 5.11 Å². The van der Waals surface area contributed by atoms with Crippen molar-refractivity contribution in [3.8, 4) is 5.75 Å². The molecule has 1 N–H and O–H groups in total. The van der Waals surface area contributed by atoms with Crippen LogP contribution in [0.15, 0.2) is 35.2 Å². The molecule has 0 heterocycles. The van der Waals surface area contributed by atoms with Crippen LogP contribution in [0, 0.1) is 11.8 Å². The molecule has 32 heavy (non-hydrogen) atoms. The Morgan fingerprint density at radius 1 is 0.844 bits per heavy atom. The number of aromatic hydroxyl groups is 1. The molecule has 0 saturated heterocycles. The third-order valence-corrected chi connectivity index (χ3v) is 9.44. The lowest BCUT2D eigenvalue weighted by molar-refractivity contribution is 0.441. The van der Waals surface area contributed by atoms with E-state index < -0.39 is 9.52 Å². The van der Waals surface area contributed by atoms with Gasteiger partial charge in [0.2, 0.25) is 0 Å². The van der Waals surface area contributed by atoms with Gasteiger partial charge in [0.05, 0.1) is 9.52 Å². The van der Waals surface area contributed by atoms with Gasteiger partial charge in [0, 0.05) is 10.5 Å². The number of benzene rings is 2. The van der Waals surface area contributed by atoms with Gasteiger partial charge in [-0.05, 0) is 69.7 Å². The molecular formula is C29H46OSSi. The van der Waals surface area contributed by atoms with Crippen LogP contribution in [0.4, 0.5) is 0 Å². The summed E-state index contributed by atoms with van der Waals surface area (Å²) in [5.41, 5.74) is 5.46. The molecule has 0 unspecified atom stereocenters. The van der Waals surface area contributed by atoms with Crippen LogP contribution in [0.1, 0.15) is 91.5 Å². The van der Waals surface area contributed by atoms with E-state index in [-0.39, 0.29) is 10.8 Å². The Kier molecular flexibility index (Phi) is 9.15. The van der Waals surface area contributed by atoms with Crippen LogP contribution >= 0.6 is 11.8 Å². The highest BCUT2D eigenvalue weighted by atomic mass is 32.2. The molecule has 0 bridgehead atoms. The highest BCUT2D eigenvalue weighted by Crippen LogP contribution is 2.40. The molecular weight excluding hydrogens is 424 g/mol. The highest BCUT2D eigenvalue weighted by molar-refractivity contribution is 8.00. The average Bonchev–Trinajstić information content (AvgIpc) is 2.62. The van der Waals surface area contributed by atoms with E-state index in [4.69, 9.17) is 0 Å². The maximum atomic E-state index is 10.7. The Morgan fingerprint density at radius 3 is 1.97 bits per heavy atom. The van der Waals surface area contributed by atoms with Crippen molar-refractivity contribution in [2.75, 3.05) is 5.38 Å². The summed E-state index contributed by atoms with van der Waals surface area (Å²) in [5, 5.41) is 13.6. The first-order valence-electron chi connectivity index (χ1n) is 12.3. The predicted molar refractivity (Wildman–Crippen MR) is 148 cm³/mol. The minimum Gasteiger partial charge on any atom is -0.508 e. The zero-order valence-electron chi connectivity index (χ0n) is 22.2. The minimum absolute atomic E-state index is 0.0117. The molecule has 2 aromatic rings. The van der Waals surface area contributed by atoms with Crippen molar-refractivity contribution < 1.29 is 5.11 Å². The molecule has 0 aliphatic carbocycles. The average molecular weight is 471 g/mol. The Hall–Kier alpha value is -1.19. The molecule has 2 aromatic carbocycles. The maximum Gasteiger partial charge on any atom is 0.119 e. The second kappa shape index (κ2) is 10.8. The molecule has 178 valence electrons. The number of thioether (sulfide) groups is 1. The van der Waals surface area contributed by atoms with Gasteiger partial charge in [-0.1, -0.05) is 92.6 Å². The van der Waals surface area contributed by atoms with Crippen molar-refractivity contribution in [3.05, 3.63) is 52.6 Å². The lowest BCUT2D eigenvalue weighted by Crippen LogP contribution is -2.25. The standard InChI is InChI=1S/C29H46OSSi/c1-19(2)14-21-12-11-13-27(22(21)15-20(3)4)32-18-31-26-17-23(28(5,6)7)25(30)16-24(26)29(8,9)10/h11-13,16-17,19-20,30H,14-15,18,32H2,1-10H3. The number of phenolic OH excluding ortho intramolecular Hbond substituents is 1. The summed E-state index contributed by atoms with van der Waals surface area (Å²) in [5.74, 6) is 1.81. The first-order chi connectivity index (χ1) is 14.7. The van der Waals surface area contributed by atoms with E-state index in [0.29, 0.717) is 17.6 Å². The number of hydrogen-bond acceptors (Lipinski definition) is 2. The van der Waals surface area contributed by atoms with E-state index in [1.807, 2.05) is 17.8 Å². The van der Waals surface area contributed by atoms with Crippen LogP contribution in [0.25, 0.3) is 0 Å². The van der Waals surface area contributed by atoms with E-state index in [1.165, 1.54) is 28.7 Å². The van der Waals surface area contributed by atoms with Gasteiger partial charge in [-0.3, -0.25) is 0 Å². The van der Waals surface area contributed by atoms with E-state index in [1.54, 1.807) is 16.3 Å². The van der Waals surface area contributed by atoms with Gasteiger partial charge in [0.1, 0.15) is 5.75 Å². The largest absolute Gasteiger partial charge is 0.508 e. The van der Waals surface area contributed by atoms with Gasteiger partial charge in [-0.15, -0.1) is 11.8 Å². The summed E-state index contributed by atoms with van der Waals surface area (Å²) in [6.07, 6.45) is 2.37. The molecule has 0 fully saturated rings. The van der Waals surface area contributed by atoms with Crippen molar-refractivity contribution in [2.24, 2.45) is 11.8 Å². The van der Waals surface area contributed by atoms with Crippen LogP contribution in [0.5, 0.6) is 5.75 Å². The second-order valence-corrected chi connectivity index (χ2v) is 15.8. The SMILES string of the molecule is CC(C)Cc1cccc([SiH2]CSc2cc(C(C)(C)C)c(O)cc2C(C)(C)C)c1CC(C)C. The topological polar surface area (TPSA) is 20.2 Å². The molecule has 1 nitrogen and oxygen atoms in total. The Morgan fingerprint density at radius 2 is 1.44 bits per heavy atom. The Bertz CT molecular complexity index is 901. The molecule has 0 aromatic heterocycles. The summed E-state index contributed by atoms with van der Waals surface area (Å²) in [7, 11) is -0.398. The fourth-order valence-electron chi connectivity index (χ4n) is 4.37. The van der Waals surface area contributed by atoms with Crippen LogP contribution in [-0.2, 0) is 23.7 Å². The molecule has 0 amide bonds. The lowest BCUT2D eigenvalue weighted by atomic mass is 9.81. The summed E-state index contributed by atoms with van der Waals surface area (Å²) in [4.78, 5) is 1.34.